The van der Waals surface area contributed by atoms with Gasteiger partial charge in [-0.1, -0.05) is 6.07 Å². The SMILES string of the molecule is Cc1ccc(NC(=O)c2ccc(N3CCN(C(C)C)CC3)cc2)c(C)c1O. The van der Waals surface area contributed by atoms with E-state index >= 15 is 0 Å². The fourth-order valence-electron chi connectivity index (χ4n) is 3.49. The highest BCUT2D eigenvalue weighted by Gasteiger charge is 2.19. The first-order chi connectivity index (χ1) is 12.9. The number of hydrogen-bond acceptors (Lipinski definition) is 4. The van der Waals surface area contributed by atoms with Crippen molar-refractivity contribution in [1.82, 2.24) is 4.90 Å². The van der Waals surface area contributed by atoms with Crippen molar-refractivity contribution >= 4 is 17.3 Å². The number of amides is 1. The average Bonchev–Trinajstić information content (AvgIpc) is 2.68. The van der Waals surface area contributed by atoms with Gasteiger partial charge in [0.2, 0.25) is 0 Å². The minimum absolute atomic E-state index is 0.169. The molecule has 144 valence electrons. The largest absolute Gasteiger partial charge is 0.507 e. The molecule has 2 aromatic carbocycles. The van der Waals surface area contributed by atoms with Crippen molar-refractivity contribution in [3.05, 3.63) is 53.1 Å². The summed E-state index contributed by atoms with van der Waals surface area (Å²) in [6.45, 7) is 12.3. The van der Waals surface area contributed by atoms with Crippen molar-refractivity contribution in [2.75, 3.05) is 36.4 Å². The maximum Gasteiger partial charge on any atom is 0.255 e. The molecule has 1 aliphatic rings. The fourth-order valence-corrected chi connectivity index (χ4v) is 3.49. The number of aryl methyl sites for hydroxylation is 1. The summed E-state index contributed by atoms with van der Waals surface area (Å²) in [6.07, 6.45) is 0. The third kappa shape index (κ3) is 4.25. The summed E-state index contributed by atoms with van der Waals surface area (Å²) in [5.74, 6) is 0.0567. The fraction of sp³-hybridized carbons (Fsp3) is 0.409. The summed E-state index contributed by atoms with van der Waals surface area (Å²) in [5.41, 5.74) is 3.88. The van der Waals surface area contributed by atoms with Crippen molar-refractivity contribution in [2.45, 2.75) is 33.7 Å². The predicted octanol–water partition coefficient (Wildman–Crippen LogP) is 3.79. The van der Waals surface area contributed by atoms with Crippen molar-refractivity contribution in [2.24, 2.45) is 0 Å². The van der Waals surface area contributed by atoms with Gasteiger partial charge in [-0.25, -0.2) is 0 Å². The van der Waals surface area contributed by atoms with E-state index in [2.05, 4.69) is 29.0 Å². The molecule has 1 fully saturated rings. The van der Waals surface area contributed by atoms with Crippen LogP contribution in [-0.4, -0.2) is 48.1 Å². The van der Waals surface area contributed by atoms with Crippen LogP contribution >= 0.6 is 0 Å². The van der Waals surface area contributed by atoms with Gasteiger partial charge in [0.1, 0.15) is 5.75 Å². The zero-order valence-corrected chi connectivity index (χ0v) is 16.6. The van der Waals surface area contributed by atoms with Crippen LogP contribution in [0.3, 0.4) is 0 Å². The molecule has 0 aliphatic carbocycles. The Kier molecular flexibility index (Phi) is 5.71. The second-order valence-electron chi connectivity index (χ2n) is 7.52. The number of hydrogen-bond donors (Lipinski definition) is 2. The molecule has 0 bridgehead atoms. The van der Waals surface area contributed by atoms with Crippen LogP contribution in [0.5, 0.6) is 5.75 Å². The lowest BCUT2D eigenvalue weighted by Gasteiger charge is -2.38. The first kappa shape index (κ1) is 19.2. The summed E-state index contributed by atoms with van der Waals surface area (Å²) in [4.78, 5) is 17.4. The minimum Gasteiger partial charge on any atom is -0.507 e. The number of aromatic hydroxyl groups is 1. The monoisotopic (exact) mass is 367 g/mol. The van der Waals surface area contributed by atoms with Crippen molar-refractivity contribution in [1.29, 1.82) is 0 Å². The minimum atomic E-state index is -0.169. The molecule has 0 spiro atoms. The summed E-state index contributed by atoms with van der Waals surface area (Å²) < 4.78 is 0. The van der Waals surface area contributed by atoms with Crippen LogP contribution < -0.4 is 10.2 Å². The second kappa shape index (κ2) is 8.01. The number of benzene rings is 2. The first-order valence-corrected chi connectivity index (χ1v) is 9.56. The van der Waals surface area contributed by atoms with Gasteiger partial charge >= 0.3 is 0 Å². The van der Waals surface area contributed by atoms with E-state index in [9.17, 15) is 9.90 Å². The van der Waals surface area contributed by atoms with Crippen molar-refractivity contribution < 1.29 is 9.90 Å². The van der Waals surface area contributed by atoms with Crippen LogP contribution in [0.2, 0.25) is 0 Å². The van der Waals surface area contributed by atoms with Gasteiger partial charge in [0.05, 0.1) is 0 Å². The Balaban J connectivity index is 1.65. The summed E-state index contributed by atoms with van der Waals surface area (Å²) in [5, 5.41) is 12.9. The quantitative estimate of drug-likeness (QED) is 0.863. The zero-order valence-electron chi connectivity index (χ0n) is 16.6. The lowest BCUT2D eigenvalue weighted by Crippen LogP contribution is -2.48. The lowest BCUT2D eigenvalue weighted by atomic mass is 10.1. The Morgan fingerprint density at radius 3 is 2.22 bits per heavy atom. The molecule has 1 aliphatic heterocycles. The number of carbonyl (C=O) groups excluding carboxylic acids is 1. The van der Waals surface area contributed by atoms with E-state index in [1.165, 1.54) is 0 Å². The van der Waals surface area contributed by atoms with Crippen LogP contribution in [0.15, 0.2) is 36.4 Å². The zero-order chi connectivity index (χ0) is 19.6. The standard InChI is InChI=1S/C22H29N3O2/c1-15(2)24-11-13-25(14-12-24)19-8-6-18(7-9-19)22(27)23-20-10-5-16(3)21(26)17(20)4/h5-10,15,26H,11-14H2,1-4H3,(H,23,27). The number of piperazine rings is 1. The number of nitrogens with one attached hydrogen (secondary N) is 1. The number of carbonyl (C=O) groups is 1. The molecule has 0 atom stereocenters. The average molecular weight is 367 g/mol. The topological polar surface area (TPSA) is 55.8 Å². The van der Waals surface area contributed by atoms with E-state index in [0.717, 1.165) is 37.4 Å². The van der Waals surface area contributed by atoms with E-state index in [0.29, 0.717) is 22.9 Å². The lowest BCUT2D eigenvalue weighted by molar-refractivity contribution is 0.102. The van der Waals surface area contributed by atoms with Crippen LogP contribution in [0, 0.1) is 13.8 Å². The Bertz CT molecular complexity index is 807. The van der Waals surface area contributed by atoms with E-state index in [4.69, 9.17) is 0 Å². The number of phenolic OH excluding ortho intramolecular Hbond substituents is 1. The molecule has 0 saturated carbocycles. The molecule has 5 heteroatoms. The van der Waals surface area contributed by atoms with Crippen molar-refractivity contribution in [3.8, 4) is 5.75 Å². The molecule has 0 aromatic heterocycles. The Morgan fingerprint density at radius 2 is 1.63 bits per heavy atom. The van der Waals surface area contributed by atoms with Crippen LogP contribution in [0.25, 0.3) is 0 Å². The van der Waals surface area contributed by atoms with Gasteiger partial charge in [-0.15, -0.1) is 0 Å². The third-order valence-electron chi connectivity index (χ3n) is 5.42. The van der Waals surface area contributed by atoms with Gasteiger partial charge < -0.3 is 15.3 Å². The molecule has 27 heavy (non-hydrogen) atoms. The second-order valence-corrected chi connectivity index (χ2v) is 7.52. The molecule has 1 heterocycles. The Labute approximate surface area is 161 Å². The van der Waals surface area contributed by atoms with E-state index in [1.807, 2.05) is 37.3 Å². The van der Waals surface area contributed by atoms with Gasteiger partial charge in [0.15, 0.2) is 0 Å². The highest BCUT2D eigenvalue weighted by Crippen LogP contribution is 2.28. The number of anilines is 2. The molecular formula is C22H29N3O2. The molecule has 2 N–H and O–H groups in total. The predicted molar refractivity (Wildman–Crippen MR) is 111 cm³/mol. The van der Waals surface area contributed by atoms with Gasteiger partial charge in [0.25, 0.3) is 5.91 Å². The summed E-state index contributed by atoms with van der Waals surface area (Å²) in [7, 11) is 0. The van der Waals surface area contributed by atoms with Gasteiger partial charge in [-0.3, -0.25) is 9.69 Å². The highest BCUT2D eigenvalue weighted by molar-refractivity contribution is 6.05. The smallest absolute Gasteiger partial charge is 0.255 e. The molecule has 2 aromatic rings. The van der Waals surface area contributed by atoms with Gasteiger partial charge in [-0.2, -0.15) is 0 Å². The van der Waals surface area contributed by atoms with Crippen molar-refractivity contribution in [3.63, 3.8) is 0 Å². The number of rotatable bonds is 4. The Morgan fingerprint density at radius 1 is 1.00 bits per heavy atom. The molecule has 0 radical (unpaired) electrons. The van der Waals surface area contributed by atoms with E-state index in [-0.39, 0.29) is 11.7 Å². The van der Waals surface area contributed by atoms with Crippen LogP contribution in [-0.2, 0) is 0 Å². The highest BCUT2D eigenvalue weighted by atomic mass is 16.3. The number of nitrogens with zero attached hydrogens (tertiary/aromatic N) is 2. The first-order valence-electron chi connectivity index (χ1n) is 9.56. The maximum absolute atomic E-state index is 12.6. The normalized spacial score (nSPS) is 15.2. The molecular weight excluding hydrogens is 338 g/mol. The van der Waals surface area contributed by atoms with Gasteiger partial charge in [-0.05, 0) is 63.6 Å². The third-order valence-corrected chi connectivity index (χ3v) is 5.42. The Hall–Kier alpha value is -2.53. The summed E-state index contributed by atoms with van der Waals surface area (Å²) >= 11 is 0. The van der Waals surface area contributed by atoms with Crippen LogP contribution in [0.4, 0.5) is 11.4 Å². The summed E-state index contributed by atoms with van der Waals surface area (Å²) in [6, 6.07) is 12.0. The molecule has 0 unspecified atom stereocenters. The van der Waals surface area contributed by atoms with E-state index in [1.54, 1.807) is 13.0 Å². The molecule has 1 amide bonds. The van der Waals surface area contributed by atoms with Gasteiger partial charge in [0, 0.05) is 54.7 Å². The van der Waals surface area contributed by atoms with Crippen LogP contribution in [0.1, 0.15) is 35.3 Å². The van der Waals surface area contributed by atoms with E-state index < -0.39 is 0 Å². The molecule has 5 nitrogen and oxygen atoms in total. The molecule has 1 saturated heterocycles. The molecule has 3 rings (SSSR count). The maximum atomic E-state index is 12.6. The number of phenols is 1.